The van der Waals surface area contributed by atoms with E-state index in [9.17, 15) is 0 Å². The van der Waals surface area contributed by atoms with Crippen LogP contribution < -0.4 is 0 Å². The topological polar surface area (TPSA) is 0 Å². The summed E-state index contributed by atoms with van der Waals surface area (Å²) in [4.78, 5) is 0. The minimum absolute atomic E-state index is 0.0618. The molecule has 2 atom stereocenters. The Morgan fingerprint density at radius 2 is 1.55 bits per heavy atom. The molecule has 0 N–H and O–H groups in total. The van der Waals surface area contributed by atoms with Crippen molar-refractivity contribution in [1.29, 1.82) is 0 Å². The Morgan fingerprint density at radius 3 is 2.02 bits per heavy atom. The van der Waals surface area contributed by atoms with Gasteiger partial charge in [-0.15, -0.1) is 0 Å². The summed E-state index contributed by atoms with van der Waals surface area (Å²) >= 11 is 0. The third-order valence-electron chi connectivity index (χ3n) is 9.63. The zero-order chi connectivity index (χ0) is 33.8. The Labute approximate surface area is 273 Å². The number of allylic oxidation sites excluding steroid dienone is 14. The third-order valence-corrected chi connectivity index (χ3v) is 9.63. The van der Waals surface area contributed by atoms with Crippen molar-refractivity contribution >= 4 is 5.57 Å². The van der Waals surface area contributed by atoms with E-state index in [-0.39, 0.29) is 22.2 Å². The van der Waals surface area contributed by atoms with Gasteiger partial charge in [-0.1, -0.05) is 175 Å². The first-order chi connectivity index (χ1) is 20.4. The van der Waals surface area contributed by atoms with E-state index in [1.165, 1.54) is 50.1 Å². The highest BCUT2D eigenvalue weighted by molar-refractivity contribution is 5.94. The van der Waals surface area contributed by atoms with Crippen LogP contribution in [0.2, 0.25) is 0 Å². The van der Waals surface area contributed by atoms with Gasteiger partial charge in [-0.3, -0.25) is 0 Å². The Bertz CT molecular complexity index is 1400. The van der Waals surface area contributed by atoms with E-state index in [1.807, 2.05) is 13.8 Å². The van der Waals surface area contributed by atoms with Crippen LogP contribution in [0.3, 0.4) is 0 Å². The molecule has 0 aliphatic heterocycles. The van der Waals surface area contributed by atoms with Crippen molar-refractivity contribution < 1.29 is 0 Å². The number of fused-ring (bicyclic) bond motifs is 1. The highest BCUT2D eigenvalue weighted by Crippen LogP contribution is 2.59. The molecule has 0 radical (unpaired) electrons. The lowest BCUT2D eigenvalue weighted by Crippen LogP contribution is -2.25. The van der Waals surface area contributed by atoms with Crippen LogP contribution in [0.1, 0.15) is 133 Å². The van der Waals surface area contributed by atoms with Gasteiger partial charge in [0.15, 0.2) is 0 Å². The van der Waals surface area contributed by atoms with Crippen molar-refractivity contribution in [2.24, 2.45) is 22.7 Å². The summed E-state index contributed by atoms with van der Waals surface area (Å²) in [5, 5.41) is 0. The molecule has 0 heterocycles. The lowest BCUT2D eigenvalue weighted by Gasteiger charge is -2.36. The van der Waals surface area contributed by atoms with Crippen LogP contribution in [0.25, 0.3) is 5.57 Å². The van der Waals surface area contributed by atoms with Crippen molar-refractivity contribution in [3.05, 3.63) is 124 Å². The van der Waals surface area contributed by atoms with Gasteiger partial charge in [-0.05, 0) is 87.5 Å². The Hall–Kier alpha value is -2.86. The van der Waals surface area contributed by atoms with Gasteiger partial charge in [0.05, 0.1) is 0 Å². The molecule has 1 aromatic rings. The van der Waals surface area contributed by atoms with Gasteiger partial charge >= 0.3 is 0 Å². The van der Waals surface area contributed by atoms with Crippen LogP contribution in [0.5, 0.6) is 0 Å². The van der Waals surface area contributed by atoms with Crippen molar-refractivity contribution in [1.82, 2.24) is 0 Å². The van der Waals surface area contributed by atoms with Gasteiger partial charge in [-0.25, -0.2) is 0 Å². The smallest absolute Gasteiger partial charge is 0.0193 e. The van der Waals surface area contributed by atoms with E-state index in [0.717, 1.165) is 12.0 Å². The lowest BCUT2D eigenvalue weighted by molar-refractivity contribution is 0.398. The fourth-order valence-electron chi connectivity index (χ4n) is 6.54. The minimum Gasteiger partial charge on any atom is -0.0987 e. The number of hydrogen-bond donors (Lipinski definition) is 0. The lowest BCUT2D eigenvalue weighted by atomic mass is 9.67. The van der Waals surface area contributed by atoms with Gasteiger partial charge in [0.2, 0.25) is 0 Å². The van der Waals surface area contributed by atoms with E-state index in [0.29, 0.717) is 11.8 Å². The molecule has 1 aromatic carbocycles. The first-order valence-electron chi connectivity index (χ1n) is 17.0. The summed E-state index contributed by atoms with van der Waals surface area (Å²) in [6.07, 6.45) is 16.6. The van der Waals surface area contributed by atoms with E-state index in [1.54, 1.807) is 0 Å². The first kappa shape index (κ1) is 37.3. The molecule has 0 amide bonds. The fourth-order valence-corrected chi connectivity index (χ4v) is 6.54. The second kappa shape index (κ2) is 14.5. The van der Waals surface area contributed by atoms with Crippen LogP contribution in [-0.4, -0.2) is 0 Å². The van der Waals surface area contributed by atoms with E-state index in [4.69, 9.17) is 0 Å². The summed E-state index contributed by atoms with van der Waals surface area (Å²) in [5.74, 6) is 1.13. The molecule has 0 saturated heterocycles. The normalized spacial score (nSPS) is 18.7. The molecule has 0 fully saturated rings. The summed E-state index contributed by atoms with van der Waals surface area (Å²) in [6, 6.07) is 7.22. The molecule has 3 rings (SSSR count). The second-order valence-corrected chi connectivity index (χ2v) is 15.6. The SMILES string of the molecule is C=CC1=C(/C(=C\C(C)C(C)C)C(=C)/C=C\C=C/C)c2ccc(C(C)(C)C)cc2C1C(C)(C)C1=C(C)CC(C(C)(C)C)=C1.CC. The molecule has 0 saturated carbocycles. The van der Waals surface area contributed by atoms with E-state index >= 15 is 0 Å². The highest BCUT2D eigenvalue weighted by atomic mass is 14.5. The molecular formula is C44H64. The molecule has 44 heavy (non-hydrogen) atoms. The minimum atomic E-state index is -0.121. The maximum Gasteiger partial charge on any atom is 0.0193 e. The number of hydrogen-bond acceptors (Lipinski definition) is 0. The first-order valence-corrected chi connectivity index (χ1v) is 17.0. The molecule has 0 bridgehead atoms. The van der Waals surface area contributed by atoms with Crippen molar-refractivity contribution in [3.8, 4) is 0 Å². The van der Waals surface area contributed by atoms with Gasteiger partial charge in [-0.2, -0.15) is 0 Å². The van der Waals surface area contributed by atoms with Crippen molar-refractivity contribution in [2.75, 3.05) is 0 Å². The maximum atomic E-state index is 4.62. The predicted octanol–water partition coefficient (Wildman–Crippen LogP) is 13.7. The zero-order valence-corrected chi connectivity index (χ0v) is 31.1. The summed E-state index contributed by atoms with van der Waals surface area (Å²) in [5.41, 5.74) is 13.6. The highest BCUT2D eigenvalue weighted by Gasteiger charge is 2.44. The van der Waals surface area contributed by atoms with Crippen molar-refractivity contribution in [2.45, 2.75) is 122 Å². The van der Waals surface area contributed by atoms with Crippen molar-refractivity contribution in [3.63, 3.8) is 0 Å². The monoisotopic (exact) mass is 593 g/mol. The molecule has 0 heteroatoms. The molecule has 2 unspecified atom stereocenters. The van der Waals surface area contributed by atoms with Gasteiger partial charge in [0.25, 0.3) is 0 Å². The maximum absolute atomic E-state index is 4.62. The fraction of sp³-hybridized carbons (Fsp3) is 0.500. The second-order valence-electron chi connectivity index (χ2n) is 15.6. The zero-order valence-electron chi connectivity index (χ0n) is 31.1. The molecule has 240 valence electrons. The molecule has 0 nitrogen and oxygen atoms in total. The Morgan fingerprint density at radius 1 is 0.932 bits per heavy atom. The summed E-state index contributed by atoms with van der Waals surface area (Å²) < 4.78 is 0. The molecular weight excluding hydrogens is 528 g/mol. The quantitative estimate of drug-likeness (QED) is 0.250. The molecule has 2 aliphatic carbocycles. The molecule has 0 spiro atoms. The van der Waals surface area contributed by atoms with E-state index < -0.39 is 0 Å². The van der Waals surface area contributed by atoms with Crippen LogP contribution in [0.4, 0.5) is 0 Å². The predicted molar refractivity (Wildman–Crippen MR) is 200 cm³/mol. The number of benzene rings is 1. The van der Waals surface area contributed by atoms with Gasteiger partial charge in [0.1, 0.15) is 0 Å². The van der Waals surface area contributed by atoms with Gasteiger partial charge < -0.3 is 0 Å². The van der Waals surface area contributed by atoms with Crippen LogP contribution in [0.15, 0.2) is 107 Å². The third kappa shape index (κ3) is 7.85. The summed E-state index contributed by atoms with van der Waals surface area (Å²) in [6.45, 7) is 43.3. The largest absolute Gasteiger partial charge is 0.0987 e. The average molecular weight is 593 g/mol. The van der Waals surface area contributed by atoms with Crippen LogP contribution in [-0.2, 0) is 5.41 Å². The van der Waals surface area contributed by atoms with Gasteiger partial charge in [0, 0.05) is 11.3 Å². The van der Waals surface area contributed by atoms with E-state index in [2.05, 4.69) is 164 Å². The average Bonchev–Trinajstić information content (AvgIpc) is 3.50. The van der Waals surface area contributed by atoms with Crippen LogP contribution in [0, 0.1) is 22.7 Å². The van der Waals surface area contributed by atoms with Crippen LogP contribution >= 0.6 is 0 Å². The summed E-state index contributed by atoms with van der Waals surface area (Å²) in [7, 11) is 0. The molecule has 2 aliphatic rings. The Kier molecular flexibility index (Phi) is 12.3. The standard InChI is InChI=1S/C42H58.C2H6/c1-16-18-19-20-28(5)35(24-29(6)27(3)4)38-33(17-2)39(36-25-31(40(8,9)10)21-22-34(36)38)42(14,15)37-26-32(23-30(37)7)41(11,12)13;1-2/h16-22,24-27,29,39H,2,5,23H2,1,3-4,6-15H3;1-2H3/b18-16-,20-19-,35-24-;. The number of rotatable bonds is 9. The Balaban J connectivity index is 0.00000330. The molecule has 0 aromatic heterocycles.